The maximum absolute atomic E-state index is 5.23. The van der Waals surface area contributed by atoms with Gasteiger partial charge in [-0.2, -0.15) is 0 Å². The van der Waals surface area contributed by atoms with Gasteiger partial charge < -0.3 is 9.73 Å². The smallest absolute Gasteiger partial charge is 0.0953 e. The third kappa shape index (κ3) is 2.65. The number of hydrogen-bond acceptors (Lipinski definition) is 2. The second-order valence-corrected chi connectivity index (χ2v) is 4.73. The van der Waals surface area contributed by atoms with E-state index in [-0.39, 0.29) is 6.04 Å². The lowest BCUT2D eigenvalue weighted by Gasteiger charge is -2.20. The number of rotatable bonds is 5. The number of benzene rings is 1. The lowest BCUT2D eigenvalue weighted by atomic mass is 9.94. The van der Waals surface area contributed by atoms with E-state index in [1.54, 1.807) is 6.26 Å². The van der Waals surface area contributed by atoms with Gasteiger partial charge in [-0.3, -0.25) is 0 Å². The van der Waals surface area contributed by atoms with Crippen molar-refractivity contribution in [2.75, 3.05) is 6.54 Å². The highest BCUT2D eigenvalue weighted by molar-refractivity contribution is 5.39. The van der Waals surface area contributed by atoms with Gasteiger partial charge in [0, 0.05) is 5.56 Å². The number of nitrogens with one attached hydrogen (secondary N) is 1. The van der Waals surface area contributed by atoms with Crippen molar-refractivity contribution < 1.29 is 4.42 Å². The molecular weight excluding hydrogens is 222 g/mol. The minimum atomic E-state index is 0.226. The van der Waals surface area contributed by atoms with E-state index in [4.69, 9.17) is 4.42 Å². The van der Waals surface area contributed by atoms with Crippen LogP contribution in [0.3, 0.4) is 0 Å². The van der Waals surface area contributed by atoms with E-state index >= 15 is 0 Å². The van der Waals surface area contributed by atoms with Crippen molar-refractivity contribution in [2.45, 2.75) is 33.2 Å². The van der Waals surface area contributed by atoms with Crippen LogP contribution in [0.15, 0.2) is 41.2 Å². The molecule has 0 aliphatic rings. The Kier molecular flexibility index (Phi) is 4.21. The van der Waals surface area contributed by atoms with Crippen LogP contribution in [0.2, 0.25) is 0 Å². The fourth-order valence-corrected chi connectivity index (χ4v) is 2.22. The summed E-state index contributed by atoms with van der Waals surface area (Å²) in [6, 6.07) is 8.74. The van der Waals surface area contributed by atoms with Crippen LogP contribution in [0.4, 0.5) is 0 Å². The summed E-state index contributed by atoms with van der Waals surface area (Å²) in [5, 5.41) is 3.60. The van der Waals surface area contributed by atoms with Gasteiger partial charge in [0.1, 0.15) is 0 Å². The van der Waals surface area contributed by atoms with Gasteiger partial charge in [-0.15, -0.1) is 0 Å². The number of hydrogen-bond donors (Lipinski definition) is 1. The summed E-state index contributed by atoms with van der Waals surface area (Å²) in [4.78, 5) is 0. The predicted octanol–water partition coefficient (Wildman–Crippen LogP) is 3.99. The summed E-state index contributed by atoms with van der Waals surface area (Å²) >= 11 is 0. The zero-order valence-electron chi connectivity index (χ0n) is 11.4. The van der Waals surface area contributed by atoms with Gasteiger partial charge in [0.2, 0.25) is 0 Å². The van der Waals surface area contributed by atoms with Crippen LogP contribution in [-0.4, -0.2) is 6.54 Å². The van der Waals surface area contributed by atoms with Crippen LogP contribution in [0.25, 0.3) is 0 Å². The largest absolute Gasteiger partial charge is 0.472 e. The maximum Gasteiger partial charge on any atom is 0.0953 e. The minimum Gasteiger partial charge on any atom is -0.472 e. The highest BCUT2D eigenvalue weighted by atomic mass is 16.3. The van der Waals surface area contributed by atoms with Crippen LogP contribution in [-0.2, 0) is 0 Å². The molecule has 0 spiro atoms. The number of aryl methyl sites for hydroxylation is 1. The molecule has 1 unspecified atom stereocenters. The van der Waals surface area contributed by atoms with Crippen LogP contribution in [0.1, 0.15) is 41.6 Å². The third-order valence-electron chi connectivity index (χ3n) is 3.43. The molecule has 2 aromatic rings. The van der Waals surface area contributed by atoms with Gasteiger partial charge in [0.05, 0.1) is 18.6 Å². The fraction of sp³-hybridized carbons (Fsp3) is 0.375. The summed E-state index contributed by atoms with van der Waals surface area (Å²) in [7, 11) is 0. The number of furan rings is 1. The van der Waals surface area contributed by atoms with Crippen molar-refractivity contribution in [3.63, 3.8) is 0 Å². The van der Waals surface area contributed by atoms with E-state index in [0.29, 0.717) is 0 Å². The summed E-state index contributed by atoms with van der Waals surface area (Å²) in [5.74, 6) is 0. The van der Waals surface area contributed by atoms with Crippen molar-refractivity contribution in [3.8, 4) is 0 Å². The van der Waals surface area contributed by atoms with E-state index < -0.39 is 0 Å². The molecule has 18 heavy (non-hydrogen) atoms. The summed E-state index contributed by atoms with van der Waals surface area (Å²) in [6.07, 6.45) is 4.69. The molecule has 0 amide bonds. The minimum absolute atomic E-state index is 0.226. The molecule has 2 nitrogen and oxygen atoms in total. The molecule has 0 radical (unpaired) electrons. The summed E-state index contributed by atoms with van der Waals surface area (Å²) in [6.45, 7) is 7.53. The van der Waals surface area contributed by atoms with Crippen molar-refractivity contribution in [3.05, 3.63) is 59.0 Å². The topological polar surface area (TPSA) is 25.2 Å². The van der Waals surface area contributed by atoms with Crippen molar-refractivity contribution in [2.24, 2.45) is 0 Å². The molecule has 1 N–H and O–H groups in total. The first-order valence-corrected chi connectivity index (χ1v) is 6.55. The predicted molar refractivity (Wildman–Crippen MR) is 74.8 cm³/mol. The third-order valence-corrected chi connectivity index (χ3v) is 3.43. The standard InChI is InChI=1S/C16H21NO/c1-4-9-17-16(14-8-10-18-11-14)15-7-5-6-12(2)13(15)3/h5-8,10-11,16-17H,4,9H2,1-3H3. The van der Waals surface area contributed by atoms with Crippen LogP contribution >= 0.6 is 0 Å². The van der Waals surface area contributed by atoms with Gasteiger partial charge >= 0.3 is 0 Å². The molecule has 1 aromatic heterocycles. The Bertz CT molecular complexity index is 488. The first-order chi connectivity index (χ1) is 8.74. The van der Waals surface area contributed by atoms with Crippen molar-refractivity contribution in [1.82, 2.24) is 5.32 Å². The van der Waals surface area contributed by atoms with Crippen molar-refractivity contribution >= 4 is 0 Å². The molecule has 1 atom stereocenters. The van der Waals surface area contributed by atoms with E-state index in [1.807, 2.05) is 12.3 Å². The molecule has 0 aliphatic carbocycles. The molecule has 0 saturated heterocycles. The maximum atomic E-state index is 5.23. The van der Waals surface area contributed by atoms with Gasteiger partial charge in [-0.25, -0.2) is 0 Å². The summed E-state index contributed by atoms with van der Waals surface area (Å²) < 4.78 is 5.23. The second-order valence-electron chi connectivity index (χ2n) is 4.73. The highest BCUT2D eigenvalue weighted by Crippen LogP contribution is 2.26. The zero-order valence-corrected chi connectivity index (χ0v) is 11.4. The summed E-state index contributed by atoms with van der Waals surface area (Å²) in [5.41, 5.74) is 5.22. The first kappa shape index (κ1) is 12.9. The lowest BCUT2D eigenvalue weighted by Crippen LogP contribution is -2.23. The SMILES string of the molecule is CCCNC(c1ccoc1)c1cccc(C)c1C. The Morgan fingerprint density at radius 2 is 2.06 bits per heavy atom. The van der Waals surface area contributed by atoms with E-state index in [9.17, 15) is 0 Å². The quantitative estimate of drug-likeness (QED) is 0.859. The Morgan fingerprint density at radius 3 is 2.72 bits per heavy atom. The van der Waals surface area contributed by atoms with E-state index in [1.165, 1.54) is 22.3 Å². The zero-order chi connectivity index (χ0) is 13.0. The highest BCUT2D eigenvalue weighted by Gasteiger charge is 2.16. The average molecular weight is 243 g/mol. The Morgan fingerprint density at radius 1 is 1.22 bits per heavy atom. The Labute approximate surface area is 109 Å². The van der Waals surface area contributed by atoms with E-state index in [0.717, 1.165) is 13.0 Å². The normalized spacial score (nSPS) is 12.6. The molecule has 0 bridgehead atoms. The molecule has 1 heterocycles. The average Bonchev–Trinajstić information content (AvgIpc) is 2.88. The van der Waals surface area contributed by atoms with Crippen LogP contribution < -0.4 is 5.32 Å². The van der Waals surface area contributed by atoms with Gasteiger partial charge in [0.15, 0.2) is 0 Å². The van der Waals surface area contributed by atoms with Gasteiger partial charge in [-0.1, -0.05) is 25.1 Å². The van der Waals surface area contributed by atoms with Crippen LogP contribution in [0, 0.1) is 13.8 Å². The van der Waals surface area contributed by atoms with Crippen molar-refractivity contribution in [1.29, 1.82) is 0 Å². The van der Waals surface area contributed by atoms with Gasteiger partial charge in [0.25, 0.3) is 0 Å². The molecule has 2 rings (SSSR count). The monoisotopic (exact) mass is 243 g/mol. The molecule has 96 valence electrons. The fourth-order valence-electron chi connectivity index (χ4n) is 2.22. The molecule has 0 fully saturated rings. The van der Waals surface area contributed by atoms with Gasteiger partial charge in [-0.05, 0) is 49.6 Å². The molecule has 0 aliphatic heterocycles. The first-order valence-electron chi connectivity index (χ1n) is 6.55. The molecule has 0 saturated carbocycles. The lowest BCUT2D eigenvalue weighted by molar-refractivity contribution is 0.547. The van der Waals surface area contributed by atoms with E-state index in [2.05, 4.69) is 44.3 Å². The molecular formula is C16H21NO. The Hall–Kier alpha value is -1.54. The molecule has 2 heteroatoms. The Balaban J connectivity index is 2.37. The molecule has 1 aromatic carbocycles. The second kappa shape index (κ2) is 5.87. The van der Waals surface area contributed by atoms with Crippen LogP contribution in [0.5, 0.6) is 0 Å².